The fourth-order valence-electron chi connectivity index (χ4n) is 1.68. The maximum Gasteiger partial charge on any atom is 0.303 e. The Balaban J connectivity index is 2.35. The molecule has 1 N–H and O–H groups in total. The minimum absolute atomic E-state index is 0.189. The van der Waals surface area contributed by atoms with E-state index in [-0.39, 0.29) is 18.2 Å². The normalized spacial score (nSPS) is 17.5. The number of amides is 1. The maximum atomic E-state index is 11.1. The number of aliphatic carboxylic acids is 1. The zero-order chi connectivity index (χ0) is 10.6. The first-order valence-corrected chi connectivity index (χ1v) is 4.60. The molecule has 0 aromatic rings. The van der Waals surface area contributed by atoms with Crippen molar-refractivity contribution in [2.45, 2.75) is 19.3 Å². The zero-order valence-electron chi connectivity index (χ0n) is 7.90. The second kappa shape index (κ2) is 4.66. The molecule has 0 spiro atoms. The number of carboxylic acids is 1. The van der Waals surface area contributed by atoms with Crippen LogP contribution in [0.1, 0.15) is 19.3 Å². The van der Waals surface area contributed by atoms with Crippen molar-refractivity contribution in [3.05, 3.63) is 0 Å². The van der Waals surface area contributed by atoms with Crippen molar-refractivity contribution in [2.75, 3.05) is 13.1 Å². The minimum atomic E-state index is -0.772. The van der Waals surface area contributed by atoms with Crippen LogP contribution in [-0.2, 0) is 9.59 Å². The van der Waals surface area contributed by atoms with Gasteiger partial charge in [0.15, 0.2) is 0 Å². The Labute approximate surface area is 82.9 Å². The second-order valence-electron chi connectivity index (χ2n) is 3.48. The first-order chi connectivity index (χ1) is 6.63. The minimum Gasteiger partial charge on any atom is -0.481 e. The van der Waals surface area contributed by atoms with Gasteiger partial charge >= 0.3 is 5.97 Å². The highest BCUT2D eigenvalue weighted by Crippen LogP contribution is 2.20. The standard InChI is InChI=1S/C10H13NO3/c1-2-9(12)11-5-3-8(4-6-11)7-10(13)14/h1,8H,3-7H2,(H,13,14). The lowest BCUT2D eigenvalue weighted by molar-refractivity contribution is -0.138. The highest BCUT2D eigenvalue weighted by Gasteiger charge is 2.23. The first-order valence-electron chi connectivity index (χ1n) is 4.60. The molecule has 1 heterocycles. The number of carbonyl (C=O) groups is 2. The van der Waals surface area contributed by atoms with Gasteiger partial charge in [-0.2, -0.15) is 0 Å². The topological polar surface area (TPSA) is 57.6 Å². The van der Waals surface area contributed by atoms with Crippen molar-refractivity contribution in [2.24, 2.45) is 5.92 Å². The van der Waals surface area contributed by atoms with Gasteiger partial charge in [-0.15, -0.1) is 6.42 Å². The molecule has 0 radical (unpaired) electrons. The maximum absolute atomic E-state index is 11.1. The van der Waals surface area contributed by atoms with Gasteiger partial charge in [0.2, 0.25) is 0 Å². The summed E-state index contributed by atoms with van der Waals surface area (Å²) in [5.74, 6) is 1.19. The van der Waals surface area contributed by atoms with Gasteiger partial charge in [0, 0.05) is 19.5 Å². The summed E-state index contributed by atoms with van der Waals surface area (Å²) in [7, 11) is 0. The van der Waals surface area contributed by atoms with Crippen molar-refractivity contribution in [1.29, 1.82) is 0 Å². The molecule has 4 heteroatoms. The summed E-state index contributed by atoms with van der Waals surface area (Å²) in [6, 6.07) is 0. The summed E-state index contributed by atoms with van der Waals surface area (Å²) >= 11 is 0. The molecule has 0 saturated carbocycles. The van der Waals surface area contributed by atoms with E-state index < -0.39 is 5.97 Å². The van der Waals surface area contributed by atoms with Crippen molar-refractivity contribution >= 4 is 11.9 Å². The average Bonchev–Trinajstić information content (AvgIpc) is 2.17. The highest BCUT2D eigenvalue weighted by molar-refractivity contribution is 5.92. The number of terminal acetylenes is 1. The zero-order valence-corrected chi connectivity index (χ0v) is 7.90. The van der Waals surface area contributed by atoms with Crippen LogP contribution in [-0.4, -0.2) is 35.0 Å². The predicted molar refractivity (Wildman–Crippen MR) is 50.4 cm³/mol. The molecule has 14 heavy (non-hydrogen) atoms. The van der Waals surface area contributed by atoms with E-state index in [9.17, 15) is 9.59 Å². The molecule has 4 nitrogen and oxygen atoms in total. The lowest BCUT2D eigenvalue weighted by atomic mass is 9.94. The fourth-order valence-corrected chi connectivity index (χ4v) is 1.68. The molecule has 1 fully saturated rings. The van der Waals surface area contributed by atoms with Crippen LogP contribution in [0.5, 0.6) is 0 Å². The molecule has 1 amide bonds. The quantitative estimate of drug-likeness (QED) is 0.646. The van der Waals surface area contributed by atoms with Crippen molar-refractivity contribution in [3.63, 3.8) is 0 Å². The molecule has 1 aliphatic rings. The van der Waals surface area contributed by atoms with Crippen LogP contribution < -0.4 is 0 Å². The van der Waals surface area contributed by atoms with E-state index in [2.05, 4.69) is 5.92 Å². The number of likely N-dealkylation sites (tertiary alicyclic amines) is 1. The molecule has 0 aliphatic carbocycles. The monoisotopic (exact) mass is 195 g/mol. The van der Waals surface area contributed by atoms with Crippen molar-refractivity contribution in [1.82, 2.24) is 4.90 Å². The van der Waals surface area contributed by atoms with E-state index in [4.69, 9.17) is 11.5 Å². The van der Waals surface area contributed by atoms with Gasteiger partial charge in [0.25, 0.3) is 5.91 Å². The van der Waals surface area contributed by atoms with E-state index in [1.807, 2.05) is 0 Å². The Hall–Kier alpha value is -1.50. The summed E-state index contributed by atoms with van der Waals surface area (Å²) in [6.45, 7) is 1.17. The molecule has 1 saturated heterocycles. The Morgan fingerprint density at radius 3 is 2.43 bits per heavy atom. The van der Waals surface area contributed by atoms with Crippen LogP contribution in [0, 0.1) is 18.3 Å². The molecule has 1 aliphatic heterocycles. The highest BCUT2D eigenvalue weighted by atomic mass is 16.4. The van der Waals surface area contributed by atoms with E-state index >= 15 is 0 Å². The van der Waals surface area contributed by atoms with Gasteiger partial charge < -0.3 is 10.0 Å². The summed E-state index contributed by atoms with van der Waals surface area (Å²) in [5.41, 5.74) is 0. The third-order valence-corrected chi connectivity index (χ3v) is 2.49. The third-order valence-electron chi connectivity index (χ3n) is 2.49. The Morgan fingerprint density at radius 2 is 2.00 bits per heavy atom. The van der Waals surface area contributed by atoms with Crippen LogP contribution in [0.2, 0.25) is 0 Å². The third kappa shape index (κ3) is 2.77. The van der Waals surface area contributed by atoms with Crippen LogP contribution in [0.3, 0.4) is 0 Å². The summed E-state index contributed by atoms with van der Waals surface area (Å²) in [4.78, 5) is 23.1. The van der Waals surface area contributed by atoms with Crippen molar-refractivity contribution < 1.29 is 14.7 Å². The average molecular weight is 195 g/mol. The van der Waals surface area contributed by atoms with Crippen LogP contribution >= 0.6 is 0 Å². The van der Waals surface area contributed by atoms with Gasteiger partial charge in [-0.25, -0.2) is 0 Å². The smallest absolute Gasteiger partial charge is 0.303 e. The number of hydrogen-bond donors (Lipinski definition) is 1. The molecule has 76 valence electrons. The Morgan fingerprint density at radius 1 is 1.43 bits per heavy atom. The number of carboxylic acid groups (broad SMARTS) is 1. The van der Waals surface area contributed by atoms with E-state index in [0.29, 0.717) is 13.1 Å². The van der Waals surface area contributed by atoms with Gasteiger partial charge in [0.05, 0.1) is 0 Å². The number of rotatable bonds is 2. The molecule has 0 bridgehead atoms. The predicted octanol–water partition coefficient (Wildman–Crippen LogP) is 0.333. The second-order valence-corrected chi connectivity index (χ2v) is 3.48. The summed E-state index contributed by atoms with van der Waals surface area (Å²) < 4.78 is 0. The number of hydrogen-bond acceptors (Lipinski definition) is 2. The lowest BCUT2D eigenvalue weighted by Crippen LogP contribution is -2.38. The molecule has 0 aromatic carbocycles. The largest absolute Gasteiger partial charge is 0.481 e. The van der Waals surface area contributed by atoms with Crippen LogP contribution in [0.15, 0.2) is 0 Å². The van der Waals surface area contributed by atoms with E-state index in [0.717, 1.165) is 12.8 Å². The Kier molecular flexibility index (Phi) is 3.52. The van der Waals surface area contributed by atoms with Crippen LogP contribution in [0.4, 0.5) is 0 Å². The Bertz CT molecular complexity index is 272. The van der Waals surface area contributed by atoms with Gasteiger partial charge in [-0.3, -0.25) is 9.59 Å². The fraction of sp³-hybridized carbons (Fsp3) is 0.600. The molecule has 0 aromatic heterocycles. The van der Waals surface area contributed by atoms with Gasteiger partial charge in [0.1, 0.15) is 0 Å². The molecule has 0 unspecified atom stereocenters. The molecular formula is C10H13NO3. The van der Waals surface area contributed by atoms with E-state index in [1.165, 1.54) is 0 Å². The number of nitrogens with zero attached hydrogens (tertiary/aromatic N) is 1. The SMILES string of the molecule is C#CC(=O)N1CCC(CC(=O)O)CC1. The number of piperidine rings is 1. The summed E-state index contributed by atoms with van der Waals surface area (Å²) in [6.07, 6.45) is 6.65. The molecular weight excluding hydrogens is 182 g/mol. The lowest BCUT2D eigenvalue weighted by Gasteiger charge is -2.29. The molecule has 0 atom stereocenters. The van der Waals surface area contributed by atoms with E-state index in [1.54, 1.807) is 4.90 Å². The first kappa shape index (κ1) is 10.6. The van der Waals surface area contributed by atoms with Crippen LogP contribution in [0.25, 0.3) is 0 Å². The van der Waals surface area contributed by atoms with Gasteiger partial charge in [-0.1, -0.05) is 0 Å². The van der Waals surface area contributed by atoms with Gasteiger partial charge in [-0.05, 0) is 24.7 Å². The summed E-state index contributed by atoms with van der Waals surface area (Å²) in [5, 5.41) is 8.57. The number of carbonyl (C=O) groups excluding carboxylic acids is 1. The van der Waals surface area contributed by atoms with Crippen molar-refractivity contribution in [3.8, 4) is 12.3 Å². The molecule has 1 rings (SSSR count).